The number of hydrogen-bond acceptors (Lipinski definition) is 3. The number of rotatable bonds is 9. The van der Waals surface area contributed by atoms with E-state index in [9.17, 15) is 0 Å². The lowest BCUT2D eigenvalue weighted by molar-refractivity contribution is 0.669. The van der Waals surface area contributed by atoms with Crippen LogP contribution < -0.4 is 0 Å². The van der Waals surface area contributed by atoms with Gasteiger partial charge in [-0.15, -0.1) is 0 Å². The molecule has 3 heterocycles. The standard InChI is InChI=1S/C46H28O.2C42H26O/c1-2-12-33-28-44-42(26-32(33)11-1)41-27-34(24-25-43(41)47-44)46-39-17-7-5-15-37(39)45(38-16-6-8-18-40(38)46)31-22-20-30(21-23-31)36-19-9-13-29-10-3-4-14-35(29)36;1-2-11-27(12-3-1)28-15-10-16-31(23-28)41-33-17-6-8-19-35(33)42(36-20-9-7-18-34(36)41)32-21-22-39-37(25-32)38-24-29-13-4-5-14-30(29)26-40(38)43-39;1-2-10-27(11-3-1)28-18-20-29(21-19-28)41-33-14-6-8-16-35(33)42(36-17-9-7-15-34(36)41)32-22-23-39-37(25-32)38-24-30-12-4-5-13-31(30)26-40(38)43-39/h1-28H;2*1-26H. The van der Waals surface area contributed by atoms with E-state index in [0.29, 0.717) is 0 Å². The average Bonchev–Trinajstić information content (AvgIpc) is 1.60. The van der Waals surface area contributed by atoms with Crippen molar-refractivity contribution in [3.8, 4) is 100 Å². The summed E-state index contributed by atoms with van der Waals surface area (Å²) >= 11 is 0. The van der Waals surface area contributed by atoms with Crippen molar-refractivity contribution in [1.82, 2.24) is 0 Å². The molecule has 0 saturated carbocycles. The van der Waals surface area contributed by atoms with E-state index in [4.69, 9.17) is 13.3 Å². The van der Waals surface area contributed by atoms with Crippen LogP contribution in [-0.2, 0) is 0 Å². The topological polar surface area (TPSA) is 39.4 Å². The summed E-state index contributed by atoms with van der Waals surface area (Å²) in [5, 5.41) is 31.7. The van der Waals surface area contributed by atoms with Crippen LogP contribution in [0, 0.1) is 0 Å². The van der Waals surface area contributed by atoms with Crippen LogP contribution in [0.3, 0.4) is 0 Å². The highest BCUT2D eigenvalue weighted by Crippen LogP contribution is 2.51. The maximum absolute atomic E-state index is 6.37. The second kappa shape index (κ2) is 31.8. The van der Waals surface area contributed by atoms with Crippen molar-refractivity contribution >= 4 is 174 Å². The highest BCUT2D eigenvalue weighted by molar-refractivity contribution is 6.27. The van der Waals surface area contributed by atoms with Crippen LogP contribution >= 0.6 is 0 Å². The fourth-order valence-electron chi connectivity index (χ4n) is 21.3. The van der Waals surface area contributed by atoms with E-state index in [2.05, 4.69) is 485 Å². The Morgan fingerprint density at radius 2 is 0.308 bits per heavy atom. The molecule has 0 saturated heterocycles. The molecular weight excluding hydrogens is 1610 g/mol. The van der Waals surface area contributed by atoms with Crippen LogP contribution in [0.2, 0.25) is 0 Å². The van der Waals surface area contributed by atoms with Gasteiger partial charge in [0, 0.05) is 32.3 Å². The van der Waals surface area contributed by atoms with Gasteiger partial charge >= 0.3 is 0 Å². The van der Waals surface area contributed by atoms with Gasteiger partial charge in [0.1, 0.15) is 33.5 Å². The Kier molecular flexibility index (Phi) is 18.3. The second-order valence-electron chi connectivity index (χ2n) is 35.0. The molecule has 0 aliphatic heterocycles. The first-order chi connectivity index (χ1) is 65.9. The average molecular weight is 1690 g/mol. The minimum Gasteiger partial charge on any atom is -0.456 e. The van der Waals surface area contributed by atoms with E-state index < -0.39 is 0 Å². The molecule has 0 N–H and O–H groups in total. The van der Waals surface area contributed by atoms with Crippen LogP contribution in [-0.4, -0.2) is 0 Å². The SMILES string of the molecule is c1ccc(-c2ccc(-c3c4ccccc4c(-c4ccc5oc6cc7ccccc7cc6c5c4)c4ccccc34)cc2)cc1.c1ccc(-c2cccc(-c3c4ccccc4c(-c4ccc5oc6cc7ccccc7cc6c5c4)c4ccccc34)c2)cc1.c1ccc2cc3c(cc2c1)oc1ccc(-c2c4ccccc4c(-c4ccc(-c5cccc6ccccc56)cc4)c4ccccc24)cc13. The largest absolute Gasteiger partial charge is 0.456 e. The highest BCUT2D eigenvalue weighted by atomic mass is 16.3. The summed E-state index contributed by atoms with van der Waals surface area (Å²) in [7, 11) is 0. The molecule has 28 aromatic rings. The fourth-order valence-corrected chi connectivity index (χ4v) is 21.3. The molecule has 133 heavy (non-hydrogen) atoms. The molecule has 0 aliphatic rings. The van der Waals surface area contributed by atoms with Gasteiger partial charge in [-0.25, -0.2) is 0 Å². The first kappa shape index (κ1) is 76.7. The van der Waals surface area contributed by atoms with Crippen molar-refractivity contribution < 1.29 is 13.3 Å². The summed E-state index contributed by atoms with van der Waals surface area (Å²) in [5.41, 5.74) is 27.7. The Morgan fingerprint density at radius 1 is 0.0977 bits per heavy atom. The zero-order valence-electron chi connectivity index (χ0n) is 72.4. The Bertz CT molecular complexity index is 9390. The predicted molar refractivity (Wildman–Crippen MR) is 565 cm³/mol. The Hall–Kier alpha value is -17.5. The van der Waals surface area contributed by atoms with E-state index in [1.54, 1.807) is 0 Å². The summed E-state index contributed by atoms with van der Waals surface area (Å²) in [5.74, 6) is 0. The summed E-state index contributed by atoms with van der Waals surface area (Å²) in [6.45, 7) is 0. The van der Waals surface area contributed by atoms with Crippen LogP contribution in [0.1, 0.15) is 0 Å². The van der Waals surface area contributed by atoms with E-state index in [1.807, 2.05) is 0 Å². The molecule has 28 rings (SSSR count). The molecule has 0 radical (unpaired) electrons. The molecule has 0 fully saturated rings. The summed E-state index contributed by atoms with van der Waals surface area (Å²) in [4.78, 5) is 0. The van der Waals surface area contributed by atoms with Gasteiger partial charge in [0.05, 0.1) is 0 Å². The third-order valence-electron chi connectivity index (χ3n) is 27.5. The van der Waals surface area contributed by atoms with Crippen molar-refractivity contribution in [3.63, 3.8) is 0 Å². The lowest BCUT2D eigenvalue weighted by Gasteiger charge is -2.18. The van der Waals surface area contributed by atoms with Crippen molar-refractivity contribution in [2.75, 3.05) is 0 Å². The number of furan rings is 3. The second-order valence-corrected chi connectivity index (χ2v) is 35.0. The Balaban J connectivity index is 0.000000104. The highest BCUT2D eigenvalue weighted by Gasteiger charge is 2.24. The van der Waals surface area contributed by atoms with Crippen molar-refractivity contribution in [2.24, 2.45) is 0 Å². The van der Waals surface area contributed by atoms with Gasteiger partial charge in [-0.1, -0.05) is 406 Å². The molecular formula is C130H80O3. The molecule has 3 heteroatoms. The van der Waals surface area contributed by atoms with E-state index in [-0.39, 0.29) is 0 Å². The van der Waals surface area contributed by atoms with Gasteiger partial charge in [-0.05, 0) is 287 Å². The molecule has 0 bridgehead atoms. The third-order valence-corrected chi connectivity index (χ3v) is 27.5. The maximum atomic E-state index is 6.37. The smallest absolute Gasteiger partial charge is 0.136 e. The third kappa shape index (κ3) is 13.2. The molecule has 0 amide bonds. The first-order valence-electron chi connectivity index (χ1n) is 45.7. The van der Waals surface area contributed by atoms with Crippen LogP contribution in [0.25, 0.3) is 274 Å². The normalized spacial score (nSPS) is 11.8. The van der Waals surface area contributed by atoms with Gasteiger partial charge in [0.15, 0.2) is 0 Å². The van der Waals surface area contributed by atoms with E-state index in [1.165, 1.54) is 208 Å². The minimum atomic E-state index is 0.913. The molecule has 25 aromatic carbocycles. The van der Waals surface area contributed by atoms with Crippen molar-refractivity contribution in [2.45, 2.75) is 0 Å². The quantitative estimate of drug-likeness (QED) is 0.135. The lowest BCUT2D eigenvalue weighted by Crippen LogP contribution is -1.91. The number of hydrogen-bond donors (Lipinski definition) is 0. The molecule has 3 aromatic heterocycles. The zero-order chi connectivity index (χ0) is 87.6. The zero-order valence-corrected chi connectivity index (χ0v) is 72.4. The first-order valence-corrected chi connectivity index (χ1v) is 45.7. The minimum absolute atomic E-state index is 0.913. The molecule has 0 spiro atoms. The van der Waals surface area contributed by atoms with Gasteiger partial charge in [0.2, 0.25) is 0 Å². The predicted octanol–water partition coefficient (Wildman–Crippen LogP) is 37.3. The monoisotopic (exact) mass is 1690 g/mol. The van der Waals surface area contributed by atoms with Crippen LogP contribution in [0.4, 0.5) is 0 Å². The van der Waals surface area contributed by atoms with Crippen LogP contribution in [0.5, 0.6) is 0 Å². The molecule has 0 atom stereocenters. The Morgan fingerprint density at radius 3 is 0.647 bits per heavy atom. The van der Waals surface area contributed by atoms with Gasteiger partial charge < -0.3 is 13.3 Å². The summed E-state index contributed by atoms with van der Waals surface area (Å²) in [6.07, 6.45) is 0. The molecule has 3 nitrogen and oxygen atoms in total. The summed E-state index contributed by atoms with van der Waals surface area (Å²) in [6, 6.07) is 175. The number of benzene rings is 25. The number of fused-ring (bicyclic) bond motifs is 19. The van der Waals surface area contributed by atoms with Gasteiger partial charge in [0.25, 0.3) is 0 Å². The molecule has 618 valence electrons. The van der Waals surface area contributed by atoms with E-state index in [0.717, 1.165) is 65.8 Å². The summed E-state index contributed by atoms with van der Waals surface area (Å²) < 4.78 is 19.1. The lowest BCUT2D eigenvalue weighted by atomic mass is 9.85. The van der Waals surface area contributed by atoms with Gasteiger partial charge in [-0.3, -0.25) is 0 Å². The van der Waals surface area contributed by atoms with E-state index >= 15 is 0 Å². The van der Waals surface area contributed by atoms with Gasteiger partial charge in [-0.2, -0.15) is 0 Å². The fraction of sp³-hybridized carbons (Fsp3) is 0. The maximum Gasteiger partial charge on any atom is 0.136 e. The van der Waals surface area contributed by atoms with Crippen LogP contribution in [0.15, 0.2) is 499 Å². The molecule has 0 aliphatic carbocycles. The molecule has 0 unspecified atom stereocenters. The van der Waals surface area contributed by atoms with Crippen molar-refractivity contribution in [1.29, 1.82) is 0 Å². The Labute approximate surface area is 766 Å². The van der Waals surface area contributed by atoms with Crippen molar-refractivity contribution in [3.05, 3.63) is 485 Å².